The van der Waals surface area contributed by atoms with Gasteiger partial charge in [0.05, 0.1) is 4.05 Å². The number of hydrogen-bond acceptors (Lipinski definition) is 1. The molecule has 1 nitrogen and oxygen atoms in total. The summed E-state index contributed by atoms with van der Waals surface area (Å²) in [5, 5.41) is 0. The molecule has 1 rings (SSSR count). The standard InChI is InChI=1S/C5H8IN/c1-7-4-2-3-5(7)6/h2,4-5H,3H2,1H3. The Kier molecular flexibility index (Phi) is 1.57. The van der Waals surface area contributed by atoms with Gasteiger partial charge in [-0.1, -0.05) is 28.7 Å². The molecular formula is C5H8IN. The average Bonchev–Trinajstić information content (AvgIpc) is 1.91. The average molecular weight is 209 g/mol. The van der Waals surface area contributed by atoms with Crippen molar-refractivity contribution in [3.63, 3.8) is 0 Å². The largest absolute Gasteiger partial charge is 0.369 e. The molecule has 2 heteroatoms. The van der Waals surface area contributed by atoms with Gasteiger partial charge in [-0.25, -0.2) is 0 Å². The second-order valence-electron chi connectivity index (χ2n) is 1.72. The van der Waals surface area contributed by atoms with Crippen LogP contribution in [0.2, 0.25) is 0 Å². The molecule has 1 heterocycles. The lowest BCUT2D eigenvalue weighted by molar-refractivity contribution is 0.477. The zero-order valence-electron chi connectivity index (χ0n) is 4.26. The first-order chi connectivity index (χ1) is 3.30. The molecule has 0 spiro atoms. The van der Waals surface area contributed by atoms with Crippen molar-refractivity contribution in [2.75, 3.05) is 7.05 Å². The SMILES string of the molecule is CN1C=CCC1I. The Labute approximate surface area is 57.5 Å². The Morgan fingerprint density at radius 2 is 2.57 bits per heavy atom. The third kappa shape index (κ3) is 1.08. The smallest absolute Gasteiger partial charge is 0.0835 e. The number of rotatable bonds is 0. The van der Waals surface area contributed by atoms with Crippen LogP contribution in [0.1, 0.15) is 6.42 Å². The lowest BCUT2D eigenvalue weighted by Crippen LogP contribution is -2.14. The number of alkyl halides is 1. The summed E-state index contributed by atoms with van der Waals surface area (Å²) < 4.78 is 0.706. The Hall–Kier alpha value is 0.270. The molecule has 40 valence electrons. The molecule has 0 saturated heterocycles. The molecule has 1 aliphatic heterocycles. The number of hydrogen-bond donors (Lipinski definition) is 0. The molecule has 0 bridgehead atoms. The molecule has 0 fully saturated rings. The first kappa shape index (κ1) is 5.41. The Balaban J connectivity index is 2.45. The van der Waals surface area contributed by atoms with Gasteiger partial charge in [0.15, 0.2) is 0 Å². The maximum absolute atomic E-state index is 2.42. The lowest BCUT2D eigenvalue weighted by Gasteiger charge is -2.12. The van der Waals surface area contributed by atoms with Crippen LogP contribution < -0.4 is 0 Å². The minimum atomic E-state index is 0.706. The van der Waals surface area contributed by atoms with E-state index in [1.807, 2.05) is 0 Å². The Morgan fingerprint density at radius 3 is 2.71 bits per heavy atom. The normalized spacial score (nSPS) is 29.4. The zero-order valence-corrected chi connectivity index (χ0v) is 6.42. The third-order valence-corrected chi connectivity index (χ3v) is 2.50. The van der Waals surface area contributed by atoms with E-state index in [0.29, 0.717) is 4.05 Å². The van der Waals surface area contributed by atoms with E-state index in [2.05, 4.69) is 46.8 Å². The van der Waals surface area contributed by atoms with Crippen molar-refractivity contribution in [3.05, 3.63) is 12.3 Å². The molecule has 0 aliphatic carbocycles. The van der Waals surface area contributed by atoms with Gasteiger partial charge in [-0.2, -0.15) is 0 Å². The summed E-state index contributed by atoms with van der Waals surface area (Å²) in [5.41, 5.74) is 0. The highest BCUT2D eigenvalue weighted by molar-refractivity contribution is 14.1. The summed E-state index contributed by atoms with van der Waals surface area (Å²) in [4.78, 5) is 2.21. The monoisotopic (exact) mass is 209 g/mol. The molecular weight excluding hydrogens is 201 g/mol. The van der Waals surface area contributed by atoms with Crippen molar-refractivity contribution in [1.82, 2.24) is 4.90 Å². The van der Waals surface area contributed by atoms with Crippen LogP contribution in [0.15, 0.2) is 12.3 Å². The first-order valence-electron chi connectivity index (χ1n) is 2.33. The van der Waals surface area contributed by atoms with E-state index in [1.54, 1.807) is 0 Å². The van der Waals surface area contributed by atoms with Gasteiger partial charge in [-0.3, -0.25) is 0 Å². The molecule has 1 atom stereocenters. The lowest BCUT2D eigenvalue weighted by atomic mass is 10.5. The maximum atomic E-state index is 2.42. The van der Waals surface area contributed by atoms with Gasteiger partial charge in [0, 0.05) is 7.05 Å². The van der Waals surface area contributed by atoms with Crippen molar-refractivity contribution < 1.29 is 0 Å². The van der Waals surface area contributed by atoms with Crippen LogP contribution in [-0.2, 0) is 0 Å². The van der Waals surface area contributed by atoms with Gasteiger partial charge >= 0.3 is 0 Å². The van der Waals surface area contributed by atoms with E-state index in [1.165, 1.54) is 6.42 Å². The van der Waals surface area contributed by atoms with Gasteiger partial charge in [-0.05, 0) is 12.6 Å². The van der Waals surface area contributed by atoms with Crippen molar-refractivity contribution in [1.29, 1.82) is 0 Å². The second kappa shape index (κ2) is 2.03. The third-order valence-electron chi connectivity index (χ3n) is 1.11. The van der Waals surface area contributed by atoms with Crippen molar-refractivity contribution in [2.45, 2.75) is 10.5 Å². The quantitative estimate of drug-likeness (QED) is 0.332. The summed E-state index contributed by atoms with van der Waals surface area (Å²) in [6.45, 7) is 0. The van der Waals surface area contributed by atoms with Crippen LogP contribution >= 0.6 is 22.6 Å². The first-order valence-corrected chi connectivity index (χ1v) is 3.58. The predicted molar refractivity (Wildman–Crippen MR) is 39.3 cm³/mol. The van der Waals surface area contributed by atoms with Crippen LogP contribution in [-0.4, -0.2) is 16.0 Å². The summed E-state index contributed by atoms with van der Waals surface area (Å²) in [6.07, 6.45) is 5.52. The van der Waals surface area contributed by atoms with Crippen LogP contribution in [0, 0.1) is 0 Å². The van der Waals surface area contributed by atoms with Gasteiger partial charge in [0.1, 0.15) is 0 Å². The van der Waals surface area contributed by atoms with Crippen LogP contribution in [0.5, 0.6) is 0 Å². The fourth-order valence-corrected chi connectivity index (χ4v) is 1.08. The van der Waals surface area contributed by atoms with Gasteiger partial charge in [0.2, 0.25) is 0 Å². The van der Waals surface area contributed by atoms with Crippen molar-refractivity contribution in [2.24, 2.45) is 0 Å². The summed E-state index contributed by atoms with van der Waals surface area (Å²) in [5.74, 6) is 0. The van der Waals surface area contributed by atoms with Crippen LogP contribution in [0.25, 0.3) is 0 Å². The Morgan fingerprint density at radius 1 is 1.86 bits per heavy atom. The van der Waals surface area contributed by atoms with Crippen LogP contribution in [0.3, 0.4) is 0 Å². The van der Waals surface area contributed by atoms with E-state index in [-0.39, 0.29) is 0 Å². The highest BCUT2D eigenvalue weighted by atomic mass is 127. The summed E-state index contributed by atoms with van der Waals surface area (Å²) in [7, 11) is 2.10. The van der Waals surface area contributed by atoms with E-state index in [0.717, 1.165) is 0 Å². The summed E-state index contributed by atoms with van der Waals surface area (Å²) in [6, 6.07) is 0. The van der Waals surface area contributed by atoms with E-state index < -0.39 is 0 Å². The fraction of sp³-hybridized carbons (Fsp3) is 0.600. The second-order valence-corrected chi connectivity index (χ2v) is 3.16. The molecule has 0 radical (unpaired) electrons. The summed E-state index contributed by atoms with van der Waals surface area (Å²) >= 11 is 2.42. The zero-order chi connectivity index (χ0) is 5.28. The minimum Gasteiger partial charge on any atom is -0.369 e. The van der Waals surface area contributed by atoms with Crippen LogP contribution in [0.4, 0.5) is 0 Å². The maximum Gasteiger partial charge on any atom is 0.0835 e. The van der Waals surface area contributed by atoms with E-state index >= 15 is 0 Å². The van der Waals surface area contributed by atoms with Gasteiger partial charge < -0.3 is 4.90 Å². The molecule has 1 aliphatic rings. The van der Waals surface area contributed by atoms with Gasteiger partial charge in [0.25, 0.3) is 0 Å². The molecule has 1 unspecified atom stereocenters. The molecule has 0 aromatic heterocycles. The van der Waals surface area contributed by atoms with Crippen molar-refractivity contribution >= 4 is 22.6 Å². The highest BCUT2D eigenvalue weighted by Gasteiger charge is 2.08. The fourth-order valence-electron chi connectivity index (χ4n) is 0.599. The van der Waals surface area contributed by atoms with E-state index in [4.69, 9.17) is 0 Å². The molecule has 7 heavy (non-hydrogen) atoms. The van der Waals surface area contributed by atoms with E-state index in [9.17, 15) is 0 Å². The molecule has 0 saturated carbocycles. The molecule has 0 N–H and O–H groups in total. The molecule has 0 amide bonds. The number of halogens is 1. The molecule has 0 aromatic rings. The van der Waals surface area contributed by atoms with Crippen molar-refractivity contribution in [3.8, 4) is 0 Å². The highest BCUT2D eigenvalue weighted by Crippen LogP contribution is 2.16. The Bertz CT molecular complexity index is 90.1. The minimum absolute atomic E-state index is 0.706. The number of nitrogens with zero attached hydrogens (tertiary/aromatic N) is 1. The molecule has 0 aromatic carbocycles. The van der Waals surface area contributed by atoms with Gasteiger partial charge in [-0.15, -0.1) is 0 Å². The topological polar surface area (TPSA) is 3.24 Å². The predicted octanol–water partition coefficient (Wildman–Crippen LogP) is 1.60.